The van der Waals surface area contributed by atoms with Crippen molar-refractivity contribution in [3.63, 3.8) is 0 Å². The molecule has 2 aromatic carbocycles. The van der Waals surface area contributed by atoms with Crippen molar-refractivity contribution in [2.75, 3.05) is 11.9 Å². The van der Waals surface area contributed by atoms with Crippen molar-refractivity contribution in [3.05, 3.63) is 78.1 Å². The van der Waals surface area contributed by atoms with E-state index in [-0.39, 0.29) is 5.82 Å². The van der Waals surface area contributed by atoms with Gasteiger partial charge in [0.05, 0.1) is 29.4 Å². The van der Waals surface area contributed by atoms with Crippen molar-refractivity contribution in [3.8, 4) is 22.7 Å². The molecule has 5 aromatic rings. The highest BCUT2D eigenvalue weighted by Gasteiger charge is 2.14. The second-order valence-corrected chi connectivity index (χ2v) is 7.66. The van der Waals surface area contributed by atoms with E-state index in [9.17, 15) is 4.39 Å². The molecule has 0 saturated carbocycles. The zero-order valence-corrected chi connectivity index (χ0v) is 19.0. The van der Waals surface area contributed by atoms with Crippen LogP contribution in [0.2, 0.25) is 0 Å². The molecule has 9 heteroatoms. The molecule has 0 amide bonds. The van der Waals surface area contributed by atoms with Gasteiger partial charge in [0.25, 0.3) is 0 Å². The summed E-state index contributed by atoms with van der Waals surface area (Å²) in [6.45, 7) is 6.28. The van der Waals surface area contributed by atoms with E-state index < -0.39 is 0 Å². The van der Waals surface area contributed by atoms with Gasteiger partial charge < -0.3 is 4.74 Å². The first-order valence-electron chi connectivity index (χ1n) is 10.8. The molecule has 3 aromatic heterocycles. The molecule has 3 heterocycles. The van der Waals surface area contributed by atoms with Gasteiger partial charge in [-0.05, 0) is 51.1 Å². The average Bonchev–Trinajstić information content (AvgIpc) is 3.22. The summed E-state index contributed by atoms with van der Waals surface area (Å²) in [4.78, 5) is 18.2. The second kappa shape index (κ2) is 8.86. The second-order valence-electron chi connectivity index (χ2n) is 7.66. The predicted octanol–water partition coefficient (Wildman–Crippen LogP) is 5.17. The predicted molar refractivity (Wildman–Crippen MR) is 128 cm³/mol. The fourth-order valence-corrected chi connectivity index (χ4v) is 3.74. The van der Waals surface area contributed by atoms with Gasteiger partial charge in [0.1, 0.15) is 17.1 Å². The number of halogens is 1. The summed E-state index contributed by atoms with van der Waals surface area (Å²) in [7, 11) is 0. The molecule has 0 unspecified atom stereocenters. The van der Waals surface area contributed by atoms with E-state index in [4.69, 9.17) is 4.74 Å². The third-order valence-corrected chi connectivity index (χ3v) is 5.31. The van der Waals surface area contributed by atoms with Gasteiger partial charge in [-0.2, -0.15) is 5.10 Å². The molecular weight excluding hydrogens is 433 g/mol. The number of anilines is 2. The van der Waals surface area contributed by atoms with Gasteiger partial charge in [-0.3, -0.25) is 5.32 Å². The van der Waals surface area contributed by atoms with E-state index in [1.807, 2.05) is 45.2 Å². The summed E-state index contributed by atoms with van der Waals surface area (Å²) in [6.07, 6.45) is 3.48. The van der Waals surface area contributed by atoms with Gasteiger partial charge in [-0.25, -0.2) is 29.0 Å². The zero-order chi connectivity index (χ0) is 23.7. The highest BCUT2D eigenvalue weighted by atomic mass is 19.1. The van der Waals surface area contributed by atoms with Crippen LogP contribution in [0.25, 0.3) is 27.8 Å². The lowest BCUT2D eigenvalue weighted by molar-refractivity contribution is 0.343. The number of para-hydroxylation sites is 1. The maximum Gasteiger partial charge on any atom is 0.230 e. The van der Waals surface area contributed by atoms with E-state index in [1.54, 1.807) is 29.1 Å². The Morgan fingerprint density at radius 2 is 1.82 bits per heavy atom. The number of rotatable bonds is 6. The molecule has 5 rings (SSSR count). The topological polar surface area (TPSA) is 90.6 Å². The molecular formula is C25H22FN7O. The van der Waals surface area contributed by atoms with E-state index in [1.165, 1.54) is 12.1 Å². The van der Waals surface area contributed by atoms with E-state index in [2.05, 4.69) is 30.4 Å². The van der Waals surface area contributed by atoms with Gasteiger partial charge >= 0.3 is 0 Å². The molecule has 0 saturated heterocycles. The Labute approximate surface area is 195 Å². The van der Waals surface area contributed by atoms with Crippen LogP contribution in [0.1, 0.15) is 18.3 Å². The molecule has 0 aliphatic rings. The first kappa shape index (κ1) is 21.4. The van der Waals surface area contributed by atoms with Crippen molar-refractivity contribution in [2.45, 2.75) is 20.8 Å². The number of ether oxygens (including phenoxy) is 1. The third-order valence-electron chi connectivity index (χ3n) is 5.31. The third kappa shape index (κ3) is 4.15. The van der Waals surface area contributed by atoms with E-state index >= 15 is 0 Å². The highest BCUT2D eigenvalue weighted by Crippen LogP contribution is 2.28. The summed E-state index contributed by atoms with van der Waals surface area (Å²) in [6, 6.07) is 13.8. The fraction of sp³-hybridized carbons (Fsp3) is 0.160. The van der Waals surface area contributed by atoms with Gasteiger partial charge in [0.15, 0.2) is 0 Å². The minimum Gasteiger partial charge on any atom is -0.492 e. The molecule has 1 N–H and O–H groups in total. The Kier molecular flexibility index (Phi) is 5.59. The summed E-state index contributed by atoms with van der Waals surface area (Å²) in [5.74, 6) is 1.10. The van der Waals surface area contributed by atoms with Crippen molar-refractivity contribution >= 4 is 22.8 Å². The standard InChI is InChI=1S/C25H22FN7O/c1-4-34-22-10-6-9-19-15(2)28-25(30-23(19)22)31-24-27-12-11-21(29-24)20-14-33(32-16(20)3)18-8-5-7-17(26)13-18/h5-14H,4H2,1-3H3,(H,27,28,29,30,31). The largest absolute Gasteiger partial charge is 0.492 e. The van der Waals surface area contributed by atoms with E-state index in [0.717, 1.165) is 27.9 Å². The normalized spacial score (nSPS) is 11.1. The van der Waals surface area contributed by atoms with Gasteiger partial charge in [-0.1, -0.05) is 18.2 Å². The molecule has 8 nitrogen and oxygen atoms in total. The van der Waals surface area contributed by atoms with Crippen LogP contribution < -0.4 is 10.1 Å². The molecule has 0 aliphatic carbocycles. The lowest BCUT2D eigenvalue weighted by atomic mass is 10.2. The Balaban J connectivity index is 1.48. The van der Waals surface area contributed by atoms with Gasteiger partial charge in [0, 0.05) is 23.3 Å². The molecule has 0 radical (unpaired) electrons. The van der Waals surface area contributed by atoms with Crippen LogP contribution >= 0.6 is 0 Å². The molecule has 0 fully saturated rings. The summed E-state index contributed by atoms with van der Waals surface area (Å²) < 4.78 is 21.0. The van der Waals surface area contributed by atoms with Crippen LogP contribution in [0.5, 0.6) is 5.75 Å². The number of aryl methyl sites for hydroxylation is 2. The van der Waals surface area contributed by atoms with Crippen LogP contribution in [-0.4, -0.2) is 36.3 Å². The number of hydrogen-bond donors (Lipinski definition) is 1. The fourth-order valence-electron chi connectivity index (χ4n) is 3.74. The number of benzene rings is 2. The Bertz CT molecular complexity index is 1500. The molecule has 0 aliphatic heterocycles. The first-order chi connectivity index (χ1) is 16.5. The Morgan fingerprint density at radius 1 is 0.971 bits per heavy atom. The average molecular weight is 455 g/mol. The van der Waals surface area contributed by atoms with Crippen LogP contribution in [-0.2, 0) is 0 Å². The lowest BCUT2D eigenvalue weighted by Crippen LogP contribution is -2.04. The van der Waals surface area contributed by atoms with E-state index in [0.29, 0.717) is 35.6 Å². The number of nitrogens with zero attached hydrogens (tertiary/aromatic N) is 6. The number of fused-ring (bicyclic) bond motifs is 1. The van der Waals surface area contributed by atoms with Crippen LogP contribution in [0.3, 0.4) is 0 Å². The van der Waals surface area contributed by atoms with Crippen molar-refractivity contribution in [1.29, 1.82) is 0 Å². The van der Waals surface area contributed by atoms with Gasteiger partial charge in [0.2, 0.25) is 11.9 Å². The quantitative estimate of drug-likeness (QED) is 0.378. The Hall–Kier alpha value is -4.40. The number of hydrogen-bond acceptors (Lipinski definition) is 7. The van der Waals surface area contributed by atoms with Crippen LogP contribution in [0.4, 0.5) is 16.3 Å². The molecule has 170 valence electrons. The Morgan fingerprint density at radius 3 is 2.65 bits per heavy atom. The zero-order valence-electron chi connectivity index (χ0n) is 19.0. The summed E-state index contributed by atoms with van der Waals surface area (Å²) >= 11 is 0. The minimum absolute atomic E-state index is 0.320. The molecule has 0 atom stereocenters. The van der Waals surface area contributed by atoms with Crippen LogP contribution in [0, 0.1) is 19.7 Å². The highest BCUT2D eigenvalue weighted by molar-refractivity contribution is 5.87. The molecule has 34 heavy (non-hydrogen) atoms. The maximum absolute atomic E-state index is 13.6. The molecule has 0 bridgehead atoms. The minimum atomic E-state index is -0.320. The van der Waals surface area contributed by atoms with Crippen LogP contribution in [0.15, 0.2) is 60.9 Å². The smallest absolute Gasteiger partial charge is 0.230 e. The van der Waals surface area contributed by atoms with Crippen molar-refractivity contribution in [1.82, 2.24) is 29.7 Å². The number of aromatic nitrogens is 6. The van der Waals surface area contributed by atoms with Crippen molar-refractivity contribution < 1.29 is 9.13 Å². The maximum atomic E-state index is 13.6. The monoisotopic (exact) mass is 455 g/mol. The molecule has 0 spiro atoms. The first-order valence-corrected chi connectivity index (χ1v) is 10.8. The summed E-state index contributed by atoms with van der Waals surface area (Å²) in [5.41, 5.74) is 4.41. The van der Waals surface area contributed by atoms with Crippen molar-refractivity contribution in [2.24, 2.45) is 0 Å². The van der Waals surface area contributed by atoms with Gasteiger partial charge in [-0.15, -0.1) is 0 Å². The SMILES string of the molecule is CCOc1cccc2c(C)nc(Nc3nccc(-c4cn(-c5cccc(F)c5)nc4C)n3)nc12. The number of nitrogens with one attached hydrogen (secondary N) is 1. The summed E-state index contributed by atoms with van der Waals surface area (Å²) in [5, 5.41) is 8.54. The lowest BCUT2D eigenvalue weighted by Gasteiger charge is -2.11.